The van der Waals surface area contributed by atoms with Crippen molar-refractivity contribution in [2.45, 2.75) is 6.18 Å². The second kappa shape index (κ2) is 7.06. The quantitative estimate of drug-likeness (QED) is 0.655. The van der Waals surface area contributed by atoms with Gasteiger partial charge in [-0.15, -0.1) is 0 Å². The van der Waals surface area contributed by atoms with E-state index in [2.05, 4.69) is 9.88 Å². The van der Waals surface area contributed by atoms with Crippen molar-refractivity contribution in [3.8, 4) is 5.69 Å². The molecule has 0 aliphatic carbocycles. The molecule has 146 valence electrons. The average molecular weight is 407 g/mol. The second-order valence-corrected chi connectivity index (χ2v) is 6.80. The molecule has 1 aromatic heterocycles. The Morgan fingerprint density at radius 1 is 1.04 bits per heavy atom. The molecule has 9 heteroatoms. The number of nitrogens with zero attached hydrogens (tertiary/aromatic N) is 2. The monoisotopic (exact) mass is 407 g/mol. The van der Waals surface area contributed by atoms with Crippen LogP contribution in [0.3, 0.4) is 0 Å². The van der Waals surface area contributed by atoms with Crippen molar-refractivity contribution < 1.29 is 17.9 Å². The number of alkyl halides is 3. The number of aromatic nitrogens is 2. The van der Waals surface area contributed by atoms with Crippen LogP contribution in [-0.4, -0.2) is 35.9 Å². The molecule has 3 aromatic rings. The third-order valence-corrected chi connectivity index (χ3v) is 4.98. The summed E-state index contributed by atoms with van der Waals surface area (Å²) in [5, 5.41) is 0.137. The molecule has 2 heterocycles. The van der Waals surface area contributed by atoms with Gasteiger partial charge in [0, 0.05) is 13.1 Å². The summed E-state index contributed by atoms with van der Waals surface area (Å²) in [4.78, 5) is 18.0. The van der Waals surface area contributed by atoms with Crippen LogP contribution in [0.1, 0.15) is 5.56 Å². The molecular formula is C19H16F3N3O2S. The van der Waals surface area contributed by atoms with Gasteiger partial charge in [0.15, 0.2) is 4.77 Å². The molecule has 1 aliphatic heterocycles. The lowest BCUT2D eigenvalue weighted by molar-refractivity contribution is -0.137. The Bertz CT molecular complexity index is 1150. The Labute approximate surface area is 163 Å². The SMILES string of the molecule is O=c1c2ccc(C(F)(F)F)cc2[nH]c(=S)n1-c1ccccc1N1CCOCC1. The van der Waals surface area contributed by atoms with Crippen LogP contribution in [0, 0.1) is 4.77 Å². The molecule has 0 radical (unpaired) electrons. The van der Waals surface area contributed by atoms with Gasteiger partial charge in [-0.25, -0.2) is 0 Å². The smallest absolute Gasteiger partial charge is 0.378 e. The first-order valence-corrected chi connectivity index (χ1v) is 9.05. The molecule has 2 aromatic carbocycles. The standard InChI is InChI=1S/C19H16F3N3O2S/c20-19(21,22)12-5-6-13-14(11-12)23-18(28)25(17(13)26)16-4-2-1-3-15(16)24-7-9-27-10-8-24/h1-6,11H,7-10H2,(H,23,28). The van der Waals surface area contributed by atoms with Gasteiger partial charge in [-0.05, 0) is 42.5 Å². The largest absolute Gasteiger partial charge is 0.416 e. The summed E-state index contributed by atoms with van der Waals surface area (Å²) < 4.78 is 45.7. The maximum Gasteiger partial charge on any atom is 0.416 e. The van der Waals surface area contributed by atoms with Crippen LogP contribution in [0.2, 0.25) is 0 Å². The third kappa shape index (κ3) is 3.31. The van der Waals surface area contributed by atoms with Gasteiger partial charge in [-0.3, -0.25) is 9.36 Å². The summed E-state index contributed by atoms with van der Waals surface area (Å²) in [6.45, 7) is 2.50. The molecule has 0 bridgehead atoms. The number of hydrogen-bond acceptors (Lipinski definition) is 4. The third-order valence-electron chi connectivity index (χ3n) is 4.70. The number of aromatic amines is 1. The fourth-order valence-electron chi connectivity index (χ4n) is 3.34. The number of benzene rings is 2. The van der Waals surface area contributed by atoms with E-state index < -0.39 is 17.3 Å². The number of hydrogen-bond donors (Lipinski definition) is 1. The zero-order valence-corrected chi connectivity index (χ0v) is 15.4. The summed E-state index contributed by atoms with van der Waals surface area (Å²) in [5.41, 5.74) is 0.158. The number of nitrogens with one attached hydrogen (secondary N) is 1. The van der Waals surface area contributed by atoms with Crippen LogP contribution in [-0.2, 0) is 10.9 Å². The molecule has 0 spiro atoms. The van der Waals surface area contributed by atoms with E-state index in [1.165, 1.54) is 10.6 Å². The molecule has 5 nitrogen and oxygen atoms in total. The minimum Gasteiger partial charge on any atom is -0.378 e. The van der Waals surface area contributed by atoms with Crippen molar-refractivity contribution in [1.82, 2.24) is 9.55 Å². The number of fused-ring (bicyclic) bond motifs is 1. The molecular weight excluding hydrogens is 391 g/mol. The predicted molar refractivity (Wildman–Crippen MR) is 103 cm³/mol. The minimum atomic E-state index is -4.50. The zero-order valence-electron chi connectivity index (χ0n) is 14.6. The van der Waals surface area contributed by atoms with Crippen molar-refractivity contribution in [2.24, 2.45) is 0 Å². The maximum atomic E-state index is 13.1. The highest BCUT2D eigenvalue weighted by Gasteiger charge is 2.30. The lowest BCUT2D eigenvalue weighted by atomic mass is 10.1. The molecule has 28 heavy (non-hydrogen) atoms. The molecule has 0 amide bonds. The van der Waals surface area contributed by atoms with Crippen molar-refractivity contribution in [3.05, 3.63) is 63.2 Å². The van der Waals surface area contributed by atoms with Gasteiger partial charge in [-0.2, -0.15) is 13.2 Å². The molecule has 1 N–H and O–H groups in total. The van der Waals surface area contributed by atoms with E-state index in [0.29, 0.717) is 32.0 Å². The fraction of sp³-hybridized carbons (Fsp3) is 0.263. The number of H-pyrrole nitrogens is 1. The van der Waals surface area contributed by atoms with Gasteiger partial charge in [0.05, 0.1) is 41.1 Å². The van der Waals surface area contributed by atoms with E-state index in [9.17, 15) is 18.0 Å². The van der Waals surface area contributed by atoms with Gasteiger partial charge in [0.1, 0.15) is 0 Å². The zero-order chi connectivity index (χ0) is 19.9. The van der Waals surface area contributed by atoms with E-state index in [1.54, 1.807) is 12.1 Å². The molecule has 0 saturated carbocycles. The van der Waals surface area contributed by atoms with E-state index in [1.807, 2.05) is 12.1 Å². The summed E-state index contributed by atoms with van der Waals surface area (Å²) in [6.07, 6.45) is -4.50. The number of halogens is 3. The van der Waals surface area contributed by atoms with Gasteiger partial charge in [-0.1, -0.05) is 12.1 Å². The predicted octanol–water partition coefficient (Wildman–Crippen LogP) is 3.90. The Kier molecular flexibility index (Phi) is 4.72. The molecule has 1 aliphatic rings. The Hall–Kier alpha value is -2.65. The lowest BCUT2D eigenvalue weighted by Crippen LogP contribution is -2.37. The van der Waals surface area contributed by atoms with E-state index in [4.69, 9.17) is 17.0 Å². The highest BCUT2D eigenvalue weighted by atomic mass is 32.1. The molecule has 1 saturated heterocycles. The number of morpholine rings is 1. The minimum absolute atomic E-state index is 0.0394. The Morgan fingerprint density at radius 3 is 2.39 bits per heavy atom. The topological polar surface area (TPSA) is 50.3 Å². The van der Waals surface area contributed by atoms with Crippen LogP contribution >= 0.6 is 12.2 Å². The first-order chi connectivity index (χ1) is 13.4. The lowest BCUT2D eigenvalue weighted by Gasteiger charge is -2.30. The number of rotatable bonds is 2. The fourth-order valence-corrected chi connectivity index (χ4v) is 3.63. The summed E-state index contributed by atoms with van der Waals surface area (Å²) >= 11 is 5.33. The number of para-hydroxylation sites is 2. The number of ether oxygens (including phenoxy) is 1. The average Bonchev–Trinajstić information content (AvgIpc) is 2.68. The van der Waals surface area contributed by atoms with Crippen LogP contribution < -0.4 is 10.5 Å². The van der Waals surface area contributed by atoms with Gasteiger partial charge < -0.3 is 14.6 Å². The summed E-state index contributed by atoms with van der Waals surface area (Å²) in [7, 11) is 0. The van der Waals surface area contributed by atoms with Crippen LogP contribution in [0.5, 0.6) is 0 Å². The summed E-state index contributed by atoms with van der Waals surface area (Å²) in [6, 6.07) is 10.3. The normalized spacial score (nSPS) is 15.2. The highest BCUT2D eigenvalue weighted by Crippen LogP contribution is 2.31. The summed E-state index contributed by atoms with van der Waals surface area (Å²) in [5.74, 6) is 0. The van der Waals surface area contributed by atoms with Gasteiger partial charge in [0.25, 0.3) is 5.56 Å². The van der Waals surface area contributed by atoms with E-state index in [0.717, 1.165) is 17.8 Å². The van der Waals surface area contributed by atoms with Crippen LogP contribution in [0.25, 0.3) is 16.6 Å². The second-order valence-electron chi connectivity index (χ2n) is 6.42. The first-order valence-electron chi connectivity index (χ1n) is 8.64. The van der Waals surface area contributed by atoms with Crippen molar-refractivity contribution >= 4 is 28.8 Å². The highest BCUT2D eigenvalue weighted by molar-refractivity contribution is 7.71. The van der Waals surface area contributed by atoms with Crippen LogP contribution in [0.4, 0.5) is 18.9 Å². The number of anilines is 1. The molecule has 1 fully saturated rings. The van der Waals surface area contributed by atoms with Crippen LogP contribution in [0.15, 0.2) is 47.3 Å². The first kappa shape index (κ1) is 18.7. The Morgan fingerprint density at radius 2 is 1.71 bits per heavy atom. The van der Waals surface area contributed by atoms with E-state index in [-0.39, 0.29) is 15.7 Å². The molecule has 0 atom stereocenters. The van der Waals surface area contributed by atoms with Crippen molar-refractivity contribution in [2.75, 3.05) is 31.2 Å². The van der Waals surface area contributed by atoms with Crippen molar-refractivity contribution in [1.29, 1.82) is 0 Å². The van der Waals surface area contributed by atoms with Gasteiger partial charge >= 0.3 is 6.18 Å². The Balaban J connectivity index is 1.91. The van der Waals surface area contributed by atoms with Gasteiger partial charge in [0.2, 0.25) is 0 Å². The van der Waals surface area contributed by atoms with E-state index >= 15 is 0 Å². The van der Waals surface area contributed by atoms with Crippen molar-refractivity contribution in [3.63, 3.8) is 0 Å². The molecule has 4 rings (SSSR count). The maximum absolute atomic E-state index is 13.1. The molecule has 0 unspecified atom stereocenters.